The molecule has 2 N–H and O–H groups in total. The van der Waals surface area contributed by atoms with E-state index in [1.54, 1.807) is 7.11 Å². The first kappa shape index (κ1) is 11.7. The zero-order valence-electron chi connectivity index (χ0n) is 10.1. The third-order valence-corrected chi connectivity index (χ3v) is 3.83. The van der Waals surface area contributed by atoms with Gasteiger partial charge >= 0.3 is 0 Å². The molecule has 3 heteroatoms. The number of benzene rings is 1. The second kappa shape index (κ2) is 3.94. The van der Waals surface area contributed by atoms with Crippen LogP contribution in [0.2, 0.25) is 5.02 Å². The van der Waals surface area contributed by atoms with Crippen LogP contribution in [0.4, 0.5) is 0 Å². The average molecular weight is 240 g/mol. The van der Waals surface area contributed by atoms with Gasteiger partial charge in [0.25, 0.3) is 0 Å². The molecule has 88 valence electrons. The average Bonchev–Trinajstić information content (AvgIpc) is 2.93. The number of methoxy groups -OCH3 is 1. The number of nitrogens with two attached hydrogens (primary N) is 1. The van der Waals surface area contributed by atoms with Crippen LogP contribution in [0.15, 0.2) is 6.07 Å². The minimum Gasteiger partial charge on any atom is -0.496 e. The van der Waals surface area contributed by atoms with Gasteiger partial charge in [-0.25, -0.2) is 0 Å². The lowest BCUT2D eigenvalue weighted by Crippen LogP contribution is -2.25. The second-order valence-electron chi connectivity index (χ2n) is 4.88. The van der Waals surface area contributed by atoms with E-state index in [9.17, 15) is 0 Å². The number of ether oxygens (including phenoxy) is 1. The molecule has 0 unspecified atom stereocenters. The van der Waals surface area contributed by atoms with E-state index in [1.807, 2.05) is 13.8 Å². The molecule has 0 amide bonds. The molecule has 2 nitrogen and oxygen atoms in total. The van der Waals surface area contributed by atoms with Gasteiger partial charge in [-0.15, -0.1) is 0 Å². The normalized spacial score (nSPS) is 17.3. The van der Waals surface area contributed by atoms with Crippen molar-refractivity contribution in [1.82, 2.24) is 0 Å². The Bertz CT molecular complexity index is 424. The van der Waals surface area contributed by atoms with Crippen LogP contribution in [0.5, 0.6) is 5.75 Å². The number of halogens is 1. The molecule has 0 heterocycles. The molecule has 0 radical (unpaired) electrons. The van der Waals surface area contributed by atoms with Crippen LogP contribution in [0.25, 0.3) is 0 Å². The van der Waals surface area contributed by atoms with Crippen molar-refractivity contribution in [2.45, 2.75) is 38.6 Å². The van der Waals surface area contributed by atoms with E-state index in [-0.39, 0.29) is 5.54 Å². The fourth-order valence-electron chi connectivity index (χ4n) is 2.16. The van der Waals surface area contributed by atoms with Crippen molar-refractivity contribution >= 4 is 11.6 Å². The summed E-state index contributed by atoms with van der Waals surface area (Å²) >= 11 is 6.35. The van der Waals surface area contributed by atoms with Crippen LogP contribution in [-0.4, -0.2) is 12.6 Å². The summed E-state index contributed by atoms with van der Waals surface area (Å²) in [6.07, 6.45) is 2.98. The summed E-state index contributed by atoms with van der Waals surface area (Å²) in [6.45, 7) is 4.07. The number of rotatable bonds is 3. The Hall–Kier alpha value is -0.730. The van der Waals surface area contributed by atoms with Gasteiger partial charge in [0, 0.05) is 11.1 Å². The van der Waals surface area contributed by atoms with Gasteiger partial charge in [0.2, 0.25) is 0 Å². The van der Waals surface area contributed by atoms with Gasteiger partial charge < -0.3 is 10.5 Å². The maximum absolute atomic E-state index is 6.35. The fraction of sp³-hybridized carbons (Fsp3) is 0.538. The monoisotopic (exact) mass is 239 g/mol. The quantitative estimate of drug-likeness (QED) is 0.880. The standard InChI is InChI=1S/C13H18ClNO/c1-8-6-9(2)12(16-3)10(11(8)14)7-13(15)4-5-13/h6H,4-5,7,15H2,1-3H3. The molecule has 1 saturated carbocycles. The largest absolute Gasteiger partial charge is 0.496 e. The van der Waals surface area contributed by atoms with Crippen LogP contribution in [0, 0.1) is 13.8 Å². The highest BCUT2D eigenvalue weighted by atomic mass is 35.5. The Labute approximate surface area is 102 Å². The third-order valence-electron chi connectivity index (χ3n) is 3.30. The topological polar surface area (TPSA) is 35.2 Å². The molecule has 1 aliphatic carbocycles. The van der Waals surface area contributed by atoms with Gasteiger partial charge in [0.1, 0.15) is 5.75 Å². The highest BCUT2D eigenvalue weighted by Gasteiger charge is 2.39. The van der Waals surface area contributed by atoms with Crippen LogP contribution < -0.4 is 10.5 Å². The molecule has 16 heavy (non-hydrogen) atoms. The first-order chi connectivity index (χ1) is 7.47. The Balaban J connectivity index is 2.47. The van der Waals surface area contributed by atoms with Gasteiger partial charge in [-0.1, -0.05) is 17.7 Å². The maximum Gasteiger partial charge on any atom is 0.126 e. The summed E-state index contributed by atoms with van der Waals surface area (Å²) in [5, 5.41) is 0.805. The molecule has 0 aromatic heterocycles. The van der Waals surface area contributed by atoms with Crippen molar-refractivity contribution in [1.29, 1.82) is 0 Å². The molecule has 1 fully saturated rings. The Kier molecular flexibility index (Phi) is 2.89. The van der Waals surface area contributed by atoms with E-state index >= 15 is 0 Å². The molecule has 0 spiro atoms. The van der Waals surface area contributed by atoms with Crippen LogP contribution in [0.1, 0.15) is 29.5 Å². The smallest absolute Gasteiger partial charge is 0.126 e. The zero-order valence-corrected chi connectivity index (χ0v) is 10.8. The zero-order chi connectivity index (χ0) is 11.9. The third kappa shape index (κ3) is 2.04. The SMILES string of the molecule is COc1c(C)cc(C)c(Cl)c1CC1(N)CC1. The molecular weight excluding hydrogens is 222 g/mol. The maximum atomic E-state index is 6.35. The minimum absolute atomic E-state index is 0.0445. The lowest BCUT2D eigenvalue weighted by Gasteiger charge is -2.18. The lowest BCUT2D eigenvalue weighted by atomic mass is 9.98. The lowest BCUT2D eigenvalue weighted by molar-refractivity contribution is 0.404. The van der Waals surface area contributed by atoms with E-state index < -0.39 is 0 Å². The van der Waals surface area contributed by atoms with E-state index in [4.69, 9.17) is 22.1 Å². The summed E-state index contributed by atoms with van der Waals surface area (Å²) in [7, 11) is 1.69. The molecule has 1 aliphatic rings. The summed E-state index contributed by atoms with van der Waals surface area (Å²) in [6, 6.07) is 2.06. The van der Waals surface area contributed by atoms with Gasteiger partial charge in [0.05, 0.1) is 12.1 Å². The van der Waals surface area contributed by atoms with Crippen molar-refractivity contribution in [2.75, 3.05) is 7.11 Å². The van der Waals surface area contributed by atoms with Gasteiger partial charge in [-0.05, 0) is 44.2 Å². The Morgan fingerprint density at radius 1 is 1.38 bits per heavy atom. The van der Waals surface area contributed by atoms with Crippen molar-refractivity contribution in [3.63, 3.8) is 0 Å². The number of aryl methyl sites for hydroxylation is 2. The fourth-order valence-corrected chi connectivity index (χ4v) is 2.37. The van der Waals surface area contributed by atoms with Crippen LogP contribution in [0.3, 0.4) is 0 Å². The number of hydrogen-bond acceptors (Lipinski definition) is 2. The first-order valence-electron chi connectivity index (χ1n) is 5.58. The van der Waals surface area contributed by atoms with Crippen LogP contribution >= 0.6 is 11.6 Å². The second-order valence-corrected chi connectivity index (χ2v) is 5.25. The molecular formula is C13H18ClNO. The van der Waals surface area contributed by atoms with Crippen molar-refractivity contribution in [3.8, 4) is 5.75 Å². The molecule has 1 aromatic rings. The Morgan fingerprint density at radius 2 is 2.00 bits per heavy atom. The van der Waals surface area contributed by atoms with Gasteiger partial charge in [0.15, 0.2) is 0 Å². The van der Waals surface area contributed by atoms with Gasteiger partial charge in [-0.3, -0.25) is 0 Å². The predicted molar refractivity (Wildman–Crippen MR) is 67.3 cm³/mol. The molecule has 0 bridgehead atoms. The summed E-state index contributed by atoms with van der Waals surface area (Å²) in [5.74, 6) is 0.896. The summed E-state index contributed by atoms with van der Waals surface area (Å²) in [4.78, 5) is 0. The predicted octanol–water partition coefficient (Wildman–Crippen LogP) is 3.00. The van der Waals surface area contributed by atoms with Crippen molar-refractivity contribution < 1.29 is 4.74 Å². The number of hydrogen-bond donors (Lipinski definition) is 1. The van der Waals surface area contributed by atoms with Crippen molar-refractivity contribution in [2.24, 2.45) is 5.73 Å². The molecule has 1 aromatic carbocycles. The summed E-state index contributed by atoms with van der Waals surface area (Å²) in [5.41, 5.74) is 9.41. The van der Waals surface area contributed by atoms with E-state index in [1.165, 1.54) is 0 Å². The van der Waals surface area contributed by atoms with E-state index in [0.29, 0.717) is 0 Å². The molecule has 0 aliphatic heterocycles. The summed E-state index contributed by atoms with van der Waals surface area (Å²) < 4.78 is 5.45. The first-order valence-corrected chi connectivity index (χ1v) is 5.96. The Morgan fingerprint density at radius 3 is 2.50 bits per heavy atom. The highest BCUT2D eigenvalue weighted by molar-refractivity contribution is 6.32. The molecule has 0 saturated heterocycles. The van der Waals surface area contributed by atoms with Crippen LogP contribution in [-0.2, 0) is 6.42 Å². The van der Waals surface area contributed by atoms with Gasteiger partial charge in [-0.2, -0.15) is 0 Å². The van der Waals surface area contributed by atoms with E-state index in [0.717, 1.165) is 46.7 Å². The van der Waals surface area contributed by atoms with E-state index in [2.05, 4.69) is 6.07 Å². The molecule has 2 rings (SSSR count). The van der Waals surface area contributed by atoms with Crippen molar-refractivity contribution in [3.05, 3.63) is 27.8 Å². The minimum atomic E-state index is -0.0445. The highest BCUT2D eigenvalue weighted by Crippen LogP contribution is 2.42. The molecule has 0 atom stereocenters.